The Morgan fingerprint density at radius 3 is 2.50 bits per heavy atom. The number of nitrogens with one attached hydrogen (secondary N) is 1. The predicted octanol–water partition coefficient (Wildman–Crippen LogP) is 2.31. The molecule has 1 aromatic carbocycles. The van der Waals surface area contributed by atoms with Crippen LogP contribution in [0.2, 0.25) is 5.02 Å². The Kier molecular flexibility index (Phi) is 6.30. The van der Waals surface area contributed by atoms with Crippen molar-refractivity contribution in [3.63, 3.8) is 0 Å². The minimum atomic E-state index is -0.499. The van der Waals surface area contributed by atoms with Crippen LogP contribution in [0.1, 0.15) is 29.6 Å². The highest BCUT2D eigenvalue weighted by Gasteiger charge is 2.18. The van der Waals surface area contributed by atoms with Crippen LogP contribution in [-0.2, 0) is 16.1 Å². The number of rotatable bonds is 5. The standard InChI is InChI=1S/C19H21ClN4O4/c1-28-19(27)13-5-7-14(8-6-13)22-16(25)12-24-18(26)17(20)15(11-21-24)23-9-3-2-4-10-23/h5-8,11H,2-4,9-10,12H2,1H3,(H,22,25). The average Bonchev–Trinajstić information content (AvgIpc) is 2.72. The van der Waals surface area contributed by atoms with Crippen LogP contribution in [0.3, 0.4) is 0 Å². The first-order valence-corrected chi connectivity index (χ1v) is 9.36. The highest BCUT2D eigenvalue weighted by atomic mass is 35.5. The second kappa shape index (κ2) is 8.88. The number of piperidine rings is 1. The highest BCUT2D eigenvalue weighted by molar-refractivity contribution is 6.33. The Labute approximate surface area is 167 Å². The van der Waals surface area contributed by atoms with Crippen LogP contribution in [0.15, 0.2) is 35.3 Å². The molecule has 0 spiro atoms. The molecule has 0 aliphatic carbocycles. The van der Waals surface area contributed by atoms with Crippen molar-refractivity contribution in [2.45, 2.75) is 25.8 Å². The summed E-state index contributed by atoms with van der Waals surface area (Å²) in [6.45, 7) is 1.41. The Hall–Kier alpha value is -2.87. The Bertz CT molecular complexity index is 921. The molecule has 28 heavy (non-hydrogen) atoms. The lowest BCUT2D eigenvalue weighted by Gasteiger charge is -2.29. The van der Waals surface area contributed by atoms with Crippen LogP contribution in [-0.4, -0.2) is 41.9 Å². The van der Waals surface area contributed by atoms with E-state index >= 15 is 0 Å². The summed E-state index contributed by atoms with van der Waals surface area (Å²) in [4.78, 5) is 38.2. The Balaban J connectivity index is 1.67. The zero-order chi connectivity index (χ0) is 20.1. The van der Waals surface area contributed by atoms with E-state index in [9.17, 15) is 14.4 Å². The number of halogens is 1. The molecule has 3 rings (SSSR count). The van der Waals surface area contributed by atoms with Gasteiger partial charge in [-0.25, -0.2) is 9.48 Å². The number of anilines is 2. The van der Waals surface area contributed by atoms with Gasteiger partial charge >= 0.3 is 5.97 Å². The second-order valence-corrected chi connectivity index (χ2v) is 6.85. The predicted molar refractivity (Wildman–Crippen MR) is 106 cm³/mol. The smallest absolute Gasteiger partial charge is 0.337 e. The molecule has 1 amide bonds. The SMILES string of the molecule is COC(=O)c1ccc(NC(=O)Cn2ncc(N3CCCCC3)c(Cl)c2=O)cc1. The maximum atomic E-state index is 12.5. The van der Waals surface area contributed by atoms with Crippen LogP contribution in [0.4, 0.5) is 11.4 Å². The van der Waals surface area contributed by atoms with E-state index in [0.29, 0.717) is 16.9 Å². The number of hydrogen-bond donors (Lipinski definition) is 1. The Morgan fingerprint density at radius 2 is 1.86 bits per heavy atom. The molecular formula is C19H21ClN4O4. The van der Waals surface area contributed by atoms with Gasteiger partial charge in [-0.15, -0.1) is 0 Å². The lowest BCUT2D eigenvalue weighted by Crippen LogP contribution is -2.34. The minimum absolute atomic E-state index is 0.0760. The highest BCUT2D eigenvalue weighted by Crippen LogP contribution is 2.24. The number of nitrogens with zero attached hydrogens (tertiary/aromatic N) is 3. The molecule has 2 aromatic rings. The first-order valence-electron chi connectivity index (χ1n) is 8.98. The summed E-state index contributed by atoms with van der Waals surface area (Å²) < 4.78 is 5.66. The molecule has 1 aromatic heterocycles. The normalized spacial score (nSPS) is 13.9. The quantitative estimate of drug-likeness (QED) is 0.768. The van der Waals surface area contributed by atoms with Crippen molar-refractivity contribution >= 4 is 34.9 Å². The van der Waals surface area contributed by atoms with Crippen molar-refractivity contribution < 1.29 is 14.3 Å². The minimum Gasteiger partial charge on any atom is -0.465 e. The molecule has 2 heterocycles. The molecule has 1 N–H and O–H groups in total. The summed E-state index contributed by atoms with van der Waals surface area (Å²) in [6.07, 6.45) is 4.81. The van der Waals surface area contributed by atoms with Crippen molar-refractivity contribution in [1.82, 2.24) is 9.78 Å². The molecule has 0 atom stereocenters. The van der Waals surface area contributed by atoms with Crippen molar-refractivity contribution in [1.29, 1.82) is 0 Å². The van der Waals surface area contributed by atoms with Crippen LogP contribution in [0.25, 0.3) is 0 Å². The molecule has 1 fully saturated rings. The maximum absolute atomic E-state index is 12.5. The zero-order valence-electron chi connectivity index (χ0n) is 15.5. The molecule has 0 radical (unpaired) electrons. The van der Waals surface area contributed by atoms with E-state index in [1.807, 2.05) is 4.90 Å². The molecule has 8 nitrogen and oxygen atoms in total. The van der Waals surface area contributed by atoms with Crippen LogP contribution in [0.5, 0.6) is 0 Å². The Morgan fingerprint density at radius 1 is 1.18 bits per heavy atom. The number of amides is 1. The molecular weight excluding hydrogens is 384 g/mol. The summed E-state index contributed by atoms with van der Waals surface area (Å²) >= 11 is 6.25. The van der Waals surface area contributed by atoms with Crippen molar-refractivity contribution in [2.24, 2.45) is 0 Å². The van der Waals surface area contributed by atoms with E-state index in [4.69, 9.17) is 11.6 Å². The third-order valence-corrected chi connectivity index (χ3v) is 4.90. The fourth-order valence-corrected chi connectivity index (χ4v) is 3.33. The second-order valence-electron chi connectivity index (χ2n) is 6.47. The lowest BCUT2D eigenvalue weighted by atomic mass is 10.1. The van der Waals surface area contributed by atoms with Gasteiger partial charge in [0.1, 0.15) is 11.6 Å². The topological polar surface area (TPSA) is 93.5 Å². The third kappa shape index (κ3) is 4.51. The summed E-state index contributed by atoms with van der Waals surface area (Å²) in [5.41, 5.74) is 0.975. The van der Waals surface area contributed by atoms with Gasteiger partial charge in [0.05, 0.1) is 24.6 Å². The van der Waals surface area contributed by atoms with E-state index < -0.39 is 17.4 Å². The number of carbonyl (C=O) groups excluding carboxylic acids is 2. The van der Waals surface area contributed by atoms with E-state index in [1.165, 1.54) is 31.9 Å². The number of aromatic nitrogens is 2. The van der Waals surface area contributed by atoms with Gasteiger partial charge in [0, 0.05) is 18.8 Å². The molecule has 1 aliphatic heterocycles. The fourth-order valence-electron chi connectivity index (χ4n) is 3.07. The van der Waals surface area contributed by atoms with Gasteiger partial charge in [-0.2, -0.15) is 5.10 Å². The van der Waals surface area contributed by atoms with Gasteiger partial charge in [0.15, 0.2) is 0 Å². The number of esters is 1. The molecule has 148 valence electrons. The summed E-state index contributed by atoms with van der Waals surface area (Å²) in [6, 6.07) is 6.23. The van der Waals surface area contributed by atoms with Crippen LogP contribution in [0, 0.1) is 0 Å². The molecule has 1 aliphatic rings. The van der Waals surface area contributed by atoms with Gasteiger partial charge in [-0.05, 0) is 43.5 Å². The molecule has 0 saturated carbocycles. The summed E-state index contributed by atoms with van der Waals surface area (Å²) in [7, 11) is 1.30. The molecule has 0 bridgehead atoms. The third-order valence-electron chi connectivity index (χ3n) is 4.55. The number of ether oxygens (including phenoxy) is 1. The van der Waals surface area contributed by atoms with E-state index in [2.05, 4.69) is 15.2 Å². The van der Waals surface area contributed by atoms with E-state index in [0.717, 1.165) is 30.6 Å². The van der Waals surface area contributed by atoms with Crippen LogP contribution >= 0.6 is 11.6 Å². The summed E-state index contributed by atoms with van der Waals surface area (Å²) in [5.74, 6) is -0.890. The van der Waals surface area contributed by atoms with Crippen molar-refractivity contribution in [3.05, 3.63) is 51.4 Å². The van der Waals surface area contributed by atoms with E-state index in [1.54, 1.807) is 12.1 Å². The van der Waals surface area contributed by atoms with Gasteiger partial charge in [0.25, 0.3) is 5.56 Å². The maximum Gasteiger partial charge on any atom is 0.337 e. The molecule has 1 saturated heterocycles. The summed E-state index contributed by atoms with van der Waals surface area (Å²) in [5, 5.41) is 6.83. The largest absolute Gasteiger partial charge is 0.465 e. The first kappa shape index (κ1) is 19.9. The van der Waals surface area contributed by atoms with Gasteiger partial charge in [-0.1, -0.05) is 11.6 Å². The zero-order valence-corrected chi connectivity index (χ0v) is 16.2. The first-order chi connectivity index (χ1) is 13.5. The molecule has 0 unspecified atom stereocenters. The van der Waals surface area contributed by atoms with Crippen LogP contribution < -0.4 is 15.8 Å². The average molecular weight is 405 g/mol. The van der Waals surface area contributed by atoms with E-state index in [-0.39, 0.29) is 11.6 Å². The number of hydrogen-bond acceptors (Lipinski definition) is 6. The van der Waals surface area contributed by atoms with Crippen molar-refractivity contribution in [2.75, 3.05) is 30.4 Å². The van der Waals surface area contributed by atoms with Gasteiger partial charge < -0.3 is 15.0 Å². The lowest BCUT2D eigenvalue weighted by molar-refractivity contribution is -0.117. The number of benzene rings is 1. The monoisotopic (exact) mass is 404 g/mol. The fraction of sp³-hybridized carbons (Fsp3) is 0.368. The number of methoxy groups -OCH3 is 1. The van der Waals surface area contributed by atoms with Gasteiger partial charge in [0.2, 0.25) is 5.91 Å². The number of carbonyl (C=O) groups is 2. The molecule has 9 heteroatoms. The van der Waals surface area contributed by atoms with Gasteiger partial charge in [-0.3, -0.25) is 9.59 Å². The van der Waals surface area contributed by atoms with Crippen molar-refractivity contribution in [3.8, 4) is 0 Å².